The largest absolute Gasteiger partial charge is 0.399 e. The summed E-state index contributed by atoms with van der Waals surface area (Å²) in [6.07, 6.45) is -0.121. The number of hydrogen-bond donors (Lipinski definition) is 2. The highest BCUT2D eigenvalue weighted by molar-refractivity contribution is 5.41. The van der Waals surface area contributed by atoms with Gasteiger partial charge in [-0.05, 0) is 31.7 Å². The molecule has 1 aromatic carbocycles. The van der Waals surface area contributed by atoms with Crippen molar-refractivity contribution in [3.8, 4) is 6.07 Å². The van der Waals surface area contributed by atoms with Crippen LogP contribution in [0.15, 0.2) is 24.3 Å². The van der Waals surface area contributed by atoms with Crippen LogP contribution >= 0.6 is 0 Å². The lowest BCUT2D eigenvalue weighted by Gasteiger charge is -2.25. The standard InChI is InChI=1S/C13H19N3O/c1-10(6-7-14)16(2)9-13(17)11-4-3-5-12(15)8-11/h3-5,8,10,13,17H,6,9,15H2,1-2H3. The molecular formula is C13H19N3O. The second kappa shape index (κ2) is 6.24. The molecule has 0 aliphatic rings. The number of nitrogens with zero attached hydrogens (tertiary/aromatic N) is 2. The van der Waals surface area contributed by atoms with E-state index in [1.54, 1.807) is 12.1 Å². The van der Waals surface area contributed by atoms with E-state index < -0.39 is 6.10 Å². The predicted octanol–water partition coefficient (Wildman–Crippen LogP) is 1.54. The number of nitriles is 1. The van der Waals surface area contributed by atoms with Gasteiger partial charge in [-0.15, -0.1) is 0 Å². The zero-order chi connectivity index (χ0) is 12.8. The van der Waals surface area contributed by atoms with Gasteiger partial charge in [0.05, 0.1) is 18.6 Å². The molecule has 0 fully saturated rings. The lowest BCUT2D eigenvalue weighted by molar-refractivity contribution is 0.109. The Bertz CT molecular complexity index is 400. The monoisotopic (exact) mass is 233 g/mol. The first kappa shape index (κ1) is 13.5. The highest BCUT2D eigenvalue weighted by Gasteiger charge is 2.15. The highest BCUT2D eigenvalue weighted by atomic mass is 16.3. The van der Waals surface area contributed by atoms with Crippen LogP contribution in [0.5, 0.6) is 0 Å². The van der Waals surface area contributed by atoms with E-state index in [-0.39, 0.29) is 6.04 Å². The van der Waals surface area contributed by atoms with Crippen molar-refractivity contribution in [2.75, 3.05) is 19.3 Å². The van der Waals surface area contributed by atoms with Crippen molar-refractivity contribution in [3.63, 3.8) is 0 Å². The smallest absolute Gasteiger partial charge is 0.0917 e. The third-order valence-corrected chi connectivity index (χ3v) is 2.90. The van der Waals surface area contributed by atoms with Gasteiger partial charge in [-0.1, -0.05) is 12.1 Å². The average molecular weight is 233 g/mol. The maximum atomic E-state index is 10.1. The molecule has 1 rings (SSSR count). The van der Waals surface area contributed by atoms with Crippen LogP contribution in [0.3, 0.4) is 0 Å². The summed E-state index contributed by atoms with van der Waals surface area (Å²) in [5.74, 6) is 0. The molecule has 0 spiro atoms. The Morgan fingerprint density at radius 1 is 1.53 bits per heavy atom. The maximum Gasteiger partial charge on any atom is 0.0917 e. The fraction of sp³-hybridized carbons (Fsp3) is 0.462. The number of nitrogens with two attached hydrogens (primary N) is 1. The Balaban J connectivity index is 2.60. The van der Waals surface area contributed by atoms with E-state index in [0.29, 0.717) is 18.7 Å². The molecule has 17 heavy (non-hydrogen) atoms. The average Bonchev–Trinajstić information content (AvgIpc) is 2.29. The molecule has 0 aromatic heterocycles. The zero-order valence-electron chi connectivity index (χ0n) is 10.3. The van der Waals surface area contributed by atoms with Gasteiger partial charge in [0.25, 0.3) is 0 Å². The van der Waals surface area contributed by atoms with Gasteiger partial charge < -0.3 is 10.8 Å². The van der Waals surface area contributed by atoms with Crippen molar-refractivity contribution in [1.29, 1.82) is 5.26 Å². The molecule has 2 atom stereocenters. The van der Waals surface area contributed by atoms with Gasteiger partial charge in [0, 0.05) is 18.3 Å². The molecule has 0 radical (unpaired) electrons. The molecular weight excluding hydrogens is 214 g/mol. The fourth-order valence-corrected chi connectivity index (χ4v) is 1.61. The number of aliphatic hydroxyl groups is 1. The van der Waals surface area contributed by atoms with Gasteiger partial charge in [0.1, 0.15) is 0 Å². The van der Waals surface area contributed by atoms with E-state index in [1.165, 1.54) is 0 Å². The van der Waals surface area contributed by atoms with Crippen molar-refractivity contribution in [3.05, 3.63) is 29.8 Å². The normalized spacial score (nSPS) is 14.3. The van der Waals surface area contributed by atoms with Crippen LogP contribution in [-0.2, 0) is 0 Å². The van der Waals surface area contributed by atoms with E-state index in [9.17, 15) is 5.11 Å². The minimum Gasteiger partial charge on any atom is -0.399 e. The summed E-state index contributed by atoms with van der Waals surface area (Å²) >= 11 is 0. The zero-order valence-corrected chi connectivity index (χ0v) is 10.3. The molecule has 0 aliphatic carbocycles. The second-order valence-electron chi connectivity index (χ2n) is 4.34. The van der Waals surface area contributed by atoms with Crippen molar-refractivity contribution in [1.82, 2.24) is 4.90 Å². The molecule has 4 nitrogen and oxygen atoms in total. The first-order valence-electron chi connectivity index (χ1n) is 5.65. The number of nitrogen functional groups attached to an aromatic ring is 1. The quantitative estimate of drug-likeness (QED) is 0.756. The van der Waals surface area contributed by atoms with Gasteiger partial charge in [-0.2, -0.15) is 5.26 Å². The van der Waals surface area contributed by atoms with Crippen molar-refractivity contribution < 1.29 is 5.11 Å². The van der Waals surface area contributed by atoms with Crippen LogP contribution in [0.4, 0.5) is 5.69 Å². The number of hydrogen-bond acceptors (Lipinski definition) is 4. The Kier molecular flexibility index (Phi) is 4.95. The molecule has 0 saturated heterocycles. The van der Waals surface area contributed by atoms with E-state index in [0.717, 1.165) is 5.56 Å². The third kappa shape index (κ3) is 4.06. The Morgan fingerprint density at radius 3 is 2.82 bits per heavy atom. The number of benzene rings is 1. The van der Waals surface area contributed by atoms with Gasteiger partial charge in [-0.3, -0.25) is 4.90 Å². The molecule has 3 N–H and O–H groups in total. The van der Waals surface area contributed by atoms with Crippen molar-refractivity contribution in [2.45, 2.75) is 25.5 Å². The fourth-order valence-electron chi connectivity index (χ4n) is 1.61. The molecule has 0 amide bonds. The number of anilines is 1. The van der Waals surface area contributed by atoms with Gasteiger partial charge in [-0.25, -0.2) is 0 Å². The molecule has 92 valence electrons. The number of aliphatic hydroxyl groups excluding tert-OH is 1. The molecule has 2 unspecified atom stereocenters. The summed E-state index contributed by atoms with van der Waals surface area (Å²) in [6.45, 7) is 2.46. The maximum absolute atomic E-state index is 10.1. The minimum absolute atomic E-state index is 0.135. The minimum atomic E-state index is -0.579. The number of likely N-dealkylation sites (N-methyl/N-ethyl adjacent to an activating group) is 1. The van der Waals surface area contributed by atoms with Crippen molar-refractivity contribution >= 4 is 5.69 Å². The number of rotatable bonds is 5. The van der Waals surface area contributed by atoms with Crippen LogP contribution in [0, 0.1) is 11.3 Å². The summed E-state index contributed by atoms with van der Waals surface area (Å²) in [6, 6.07) is 9.50. The Hall–Kier alpha value is -1.57. The van der Waals surface area contributed by atoms with Crippen LogP contribution < -0.4 is 5.73 Å². The summed E-state index contributed by atoms with van der Waals surface area (Å²) in [5, 5.41) is 18.7. The predicted molar refractivity (Wildman–Crippen MR) is 68.1 cm³/mol. The molecule has 1 aromatic rings. The molecule has 0 heterocycles. The lowest BCUT2D eigenvalue weighted by atomic mass is 10.1. The summed E-state index contributed by atoms with van der Waals surface area (Å²) in [7, 11) is 1.90. The van der Waals surface area contributed by atoms with E-state index >= 15 is 0 Å². The third-order valence-electron chi connectivity index (χ3n) is 2.90. The SMILES string of the molecule is CC(CC#N)N(C)CC(O)c1cccc(N)c1. The molecule has 0 bridgehead atoms. The van der Waals surface area contributed by atoms with Crippen molar-refractivity contribution in [2.24, 2.45) is 0 Å². The van der Waals surface area contributed by atoms with Crippen LogP contribution in [0.25, 0.3) is 0 Å². The Morgan fingerprint density at radius 2 is 2.24 bits per heavy atom. The van der Waals surface area contributed by atoms with Crippen LogP contribution in [-0.4, -0.2) is 29.6 Å². The van der Waals surface area contributed by atoms with E-state index in [1.807, 2.05) is 31.0 Å². The molecule has 4 heteroatoms. The molecule has 0 aliphatic heterocycles. The molecule has 0 saturated carbocycles. The summed E-state index contributed by atoms with van der Waals surface area (Å²) in [5.41, 5.74) is 7.12. The summed E-state index contributed by atoms with van der Waals surface area (Å²) in [4.78, 5) is 1.97. The van der Waals surface area contributed by atoms with E-state index in [2.05, 4.69) is 6.07 Å². The van der Waals surface area contributed by atoms with Gasteiger partial charge in [0.2, 0.25) is 0 Å². The lowest BCUT2D eigenvalue weighted by Crippen LogP contribution is -2.32. The van der Waals surface area contributed by atoms with Gasteiger partial charge in [0.15, 0.2) is 0 Å². The first-order valence-corrected chi connectivity index (χ1v) is 5.65. The van der Waals surface area contributed by atoms with Crippen LogP contribution in [0.2, 0.25) is 0 Å². The second-order valence-corrected chi connectivity index (χ2v) is 4.34. The summed E-state index contributed by atoms with van der Waals surface area (Å²) < 4.78 is 0. The first-order chi connectivity index (χ1) is 8.04. The Labute approximate surface area is 102 Å². The highest BCUT2D eigenvalue weighted by Crippen LogP contribution is 2.17. The van der Waals surface area contributed by atoms with Gasteiger partial charge >= 0.3 is 0 Å². The van der Waals surface area contributed by atoms with E-state index in [4.69, 9.17) is 11.0 Å². The topological polar surface area (TPSA) is 73.3 Å². The van der Waals surface area contributed by atoms with Crippen LogP contribution in [0.1, 0.15) is 25.0 Å².